The molecule has 1 aliphatic heterocycles. The molecule has 108 valence electrons. The number of ether oxygens (including phenoxy) is 1. The highest BCUT2D eigenvalue weighted by Crippen LogP contribution is 2.22. The molecule has 1 saturated heterocycles. The third kappa shape index (κ3) is 5.25. The molecule has 0 saturated carbocycles. The van der Waals surface area contributed by atoms with Gasteiger partial charge in [0, 0.05) is 25.2 Å². The Bertz CT molecular complexity index is 219. The van der Waals surface area contributed by atoms with Crippen molar-refractivity contribution in [3.63, 3.8) is 0 Å². The van der Waals surface area contributed by atoms with E-state index in [0.717, 1.165) is 31.5 Å². The predicted octanol–water partition coefficient (Wildman–Crippen LogP) is 2.50. The Morgan fingerprint density at radius 2 is 1.67 bits per heavy atom. The molecule has 0 spiro atoms. The van der Waals surface area contributed by atoms with Crippen LogP contribution in [0.5, 0.6) is 0 Å². The van der Waals surface area contributed by atoms with E-state index in [-0.39, 0.29) is 12.1 Å². The van der Waals surface area contributed by atoms with E-state index >= 15 is 0 Å². The largest absolute Gasteiger partial charge is 0.374 e. The Balaban J connectivity index is 2.59. The van der Waals surface area contributed by atoms with Crippen LogP contribution in [-0.2, 0) is 4.74 Å². The maximum absolute atomic E-state index is 5.98. The van der Waals surface area contributed by atoms with Crippen LogP contribution in [0.2, 0.25) is 0 Å². The van der Waals surface area contributed by atoms with Gasteiger partial charge in [0.2, 0.25) is 0 Å². The smallest absolute Gasteiger partial charge is 0.0850 e. The average molecular weight is 256 g/mol. The second-order valence-electron chi connectivity index (χ2n) is 6.68. The van der Waals surface area contributed by atoms with Gasteiger partial charge in [0.15, 0.2) is 0 Å². The van der Waals surface area contributed by atoms with Crippen molar-refractivity contribution in [2.24, 2.45) is 17.6 Å². The molecule has 18 heavy (non-hydrogen) atoms. The summed E-state index contributed by atoms with van der Waals surface area (Å²) < 4.78 is 5.76. The maximum atomic E-state index is 5.98. The lowest BCUT2D eigenvalue weighted by molar-refractivity contribution is -0.0565. The maximum Gasteiger partial charge on any atom is 0.0850 e. The molecule has 0 radical (unpaired) electrons. The Kier molecular flexibility index (Phi) is 6.61. The van der Waals surface area contributed by atoms with Gasteiger partial charge < -0.3 is 10.5 Å². The third-order valence-corrected chi connectivity index (χ3v) is 3.71. The first-order valence-corrected chi connectivity index (χ1v) is 7.51. The van der Waals surface area contributed by atoms with Gasteiger partial charge in [0.25, 0.3) is 0 Å². The number of hydrogen-bond acceptors (Lipinski definition) is 3. The molecule has 0 aromatic heterocycles. The van der Waals surface area contributed by atoms with E-state index in [1.165, 1.54) is 12.8 Å². The molecule has 0 aliphatic carbocycles. The van der Waals surface area contributed by atoms with Gasteiger partial charge in [-0.15, -0.1) is 0 Å². The number of hydrogen-bond donors (Lipinski definition) is 1. The van der Waals surface area contributed by atoms with Crippen LogP contribution in [0, 0.1) is 11.8 Å². The number of nitrogens with zero attached hydrogens (tertiary/aromatic N) is 1. The van der Waals surface area contributed by atoms with E-state index < -0.39 is 0 Å². The van der Waals surface area contributed by atoms with Gasteiger partial charge in [-0.2, -0.15) is 0 Å². The van der Waals surface area contributed by atoms with E-state index in [2.05, 4.69) is 32.6 Å². The topological polar surface area (TPSA) is 38.5 Å². The van der Waals surface area contributed by atoms with Crippen molar-refractivity contribution < 1.29 is 4.74 Å². The van der Waals surface area contributed by atoms with E-state index in [0.29, 0.717) is 6.04 Å². The summed E-state index contributed by atoms with van der Waals surface area (Å²) in [6.45, 7) is 14.2. The van der Waals surface area contributed by atoms with E-state index in [1.807, 2.05) is 6.92 Å². The minimum Gasteiger partial charge on any atom is -0.374 e. The molecular formula is C15H32N2O. The summed E-state index contributed by atoms with van der Waals surface area (Å²) in [6, 6.07) is 0.821. The van der Waals surface area contributed by atoms with Crippen LogP contribution in [0.25, 0.3) is 0 Å². The highest BCUT2D eigenvalue weighted by molar-refractivity contribution is 4.83. The fourth-order valence-corrected chi connectivity index (χ4v) is 2.83. The summed E-state index contributed by atoms with van der Waals surface area (Å²) in [7, 11) is 0. The molecule has 0 aromatic carbocycles. The van der Waals surface area contributed by atoms with Gasteiger partial charge in [-0.1, -0.05) is 27.7 Å². The molecule has 1 aliphatic rings. The molecule has 0 bridgehead atoms. The minimum absolute atomic E-state index is 0.131. The Morgan fingerprint density at radius 1 is 1.11 bits per heavy atom. The van der Waals surface area contributed by atoms with Gasteiger partial charge in [0.1, 0.15) is 0 Å². The first kappa shape index (κ1) is 15.9. The summed E-state index contributed by atoms with van der Waals surface area (Å²) in [5, 5.41) is 0. The van der Waals surface area contributed by atoms with Crippen molar-refractivity contribution in [3.8, 4) is 0 Å². The quantitative estimate of drug-likeness (QED) is 0.793. The van der Waals surface area contributed by atoms with Gasteiger partial charge in [-0.05, 0) is 31.6 Å². The molecule has 3 heteroatoms. The first-order chi connectivity index (χ1) is 8.40. The molecule has 0 amide bonds. The van der Waals surface area contributed by atoms with Crippen molar-refractivity contribution in [2.45, 2.75) is 65.6 Å². The van der Waals surface area contributed by atoms with E-state index in [1.54, 1.807) is 0 Å². The standard InChI is InChI=1S/C15H32N2O/c1-11(2)8-14(9-12(3)4)17-6-7-18-15(10-17)13(5)16/h11-15H,6-10,16H2,1-5H3. The summed E-state index contributed by atoms with van der Waals surface area (Å²) >= 11 is 0. The highest BCUT2D eigenvalue weighted by Gasteiger charge is 2.28. The SMILES string of the molecule is CC(C)CC(CC(C)C)N1CCOC(C(C)N)C1. The normalized spacial score (nSPS) is 24.2. The zero-order valence-corrected chi connectivity index (χ0v) is 12.9. The number of morpholine rings is 1. The van der Waals surface area contributed by atoms with Gasteiger partial charge >= 0.3 is 0 Å². The fourth-order valence-electron chi connectivity index (χ4n) is 2.83. The fraction of sp³-hybridized carbons (Fsp3) is 1.00. The lowest BCUT2D eigenvalue weighted by Gasteiger charge is -2.40. The van der Waals surface area contributed by atoms with Crippen LogP contribution in [-0.4, -0.2) is 42.8 Å². The summed E-state index contributed by atoms with van der Waals surface area (Å²) in [6.07, 6.45) is 2.77. The minimum atomic E-state index is 0.131. The van der Waals surface area contributed by atoms with Crippen molar-refractivity contribution in [1.82, 2.24) is 4.90 Å². The highest BCUT2D eigenvalue weighted by atomic mass is 16.5. The van der Waals surface area contributed by atoms with Crippen molar-refractivity contribution in [1.29, 1.82) is 0 Å². The van der Waals surface area contributed by atoms with Crippen LogP contribution in [0.15, 0.2) is 0 Å². The lowest BCUT2D eigenvalue weighted by atomic mass is 9.93. The number of nitrogens with two attached hydrogens (primary N) is 1. The Hall–Kier alpha value is -0.120. The average Bonchev–Trinajstić information content (AvgIpc) is 2.27. The summed E-state index contributed by atoms with van der Waals surface area (Å²) in [5.74, 6) is 1.51. The molecule has 3 nitrogen and oxygen atoms in total. The zero-order chi connectivity index (χ0) is 13.7. The molecule has 1 rings (SSSR count). The molecule has 2 unspecified atom stereocenters. The summed E-state index contributed by atoms with van der Waals surface area (Å²) in [5.41, 5.74) is 5.98. The molecule has 1 heterocycles. The van der Waals surface area contributed by atoms with Gasteiger partial charge in [-0.3, -0.25) is 4.90 Å². The lowest BCUT2D eigenvalue weighted by Crippen LogP contribution is -2.53. The molecule has 2 N–H and O–H groups in total. The van der Waals surface area contributed by atoms with Crippen LogP contribution >= 0.6 is 0 Å². The Labute approximate surface area is 113 Å². The van der Waals surface area contributed by atoms with Crippen molar-refractivity contribution >= 4 is 0 Å². The van der Waals surface area contributed by atoms with Gasteiger partial charge in [-0.25, -0.2) is 0 Å². The van der Waals surface area contributed by atoms with Gasteiger partial charge in [0.05, 0.1) is 12.7 Å². The molecule has 1 fully saturated rings. The van der Waals surface area contributed by atoms with Crippen molar-refractivity contribution in [3.05, 3.63) is 0 Å². The first-order valence-electron chi connectivity index (χ1n) is 7.51. The number of rotatable bonds is 6. The molecule has 2 atom stereocenters. The van der Waals surface area contributed by atoms with Crippen LogP contribution < -0.4 is 5.73 Å². The third-order valence-electron chi connectivity index (χ3n) is 3.71. The second-order valence-corrected chi connectivity index (χ2v) is 6.68. The Morgan fingerprint density at radius 3 is 2.11 bits per heavy atom. The van der Waals surface area contributed by atoms with E-state index in [4.69, 9.17) is 10.5 Å². The molecular weight excluding hydrogens is 224 g/mol. The van der Waals surface area contributed by atoms with Crippen LogP contribution in [0.1, 0.15) is 47.5 Å². The summed E-state index contributed by atoms with van der Waals surface area (Å²) in [4.78, 5) is 2.61. The predicted molar refractivity (Wildman–Crippen MR) is 77.7 cm³/mol. The van der Waals surface area contributed by atoms with Crippen LogP contribution in [0.4, 0.5) is 0 Å². The zero-order valence-electron chi connectivity index (χ0n) is 12.9. The second kappa shape index (κ2) is 7.46. The molecule has 0 aromatic rings. The van der Waals surface area contributed by atoms with E-state index in [9.17, 15) is 0 Å². The van der Waals surface area contributed by atoms with Crippen LogP contribution in [0.3, 0.4) is 0 Å². The monoisotopic (exact) mass is 256 g/mol. The van der Waals surface area contributed by atoms with Crippen molar-refractivity contribution in [2.75, 3.05) is 19.7 Å².